The molecule has 0 bridgehead atoms. The van der Waals surface area contributed by atoms with E-state index in [0.29, 0.717) is 39.9 Å². The molecule has 145 heavy (non-hydrogen) atoms. The van der Waals surface area contributed by atoms with Crippen molar-refractivity contribution in [2.24, 2.45) is 0 Å². The molecule has 9 aromatic rings. The zero-order valence-electron chi connectivity index (χ0n) is 75.4. The molecule has 0 N–H and O–H groups in total. The maximum atomic E-state index is 14.1. The molecule has 0 saturated heterocycles. The average Bonchev–Trinajstić information content (AvgIpc) is 1.53. The Morgan fingerprint density at radius 2 is 0.503 bits per heavy atom. The van der Waals surface area contributed by atoms with Gasteiger partial charge in [0.05, 0.1) is 204 Å². The number of allylic oxidation sites excluding steroid dienone is 21. The Hall–Kier alpha value is -23.8. The summed E-state index contributed by atoms with van der Waals surface area (Å²) in [6.45, 7) is 84.2. The van der Waals surface area contributed by atoms with Crippen molar-refractivity contribution in [3.63, 3.8) is 0 Å². The highest BCUT2D eigenvalue weighted by atomic mass is 19.4. The predicted octanol–water partition coefficient (Wildman–Crippen LogP) is 24.9. The highest BCUT2D eigenvalue weighted by molar-refractivity contribution is 6.35. The third kappa shape index (κ3) is 15.4. The molecule has 0 heterocycles. The fourth-order valence-electron chi connectivity index (χ4n) is 18.2. The van der Waals surface area contributed by atoms with Gasteiger partial charge >= 0.3 is 12.4 Å². The summed E-state index contributed by atoms with van der Waals surface area (Å²) in [5.41, 5.74) is -4.81. The van der Waals surface area contributed by atoms with Gasteiger partial charge in [-0.05, 0) is 241 Å². The maximum absolute atomic E-state index is 14.1. The number of alkyl halides is 6. The number of aryl methyl sites for hydroxylation is 7. The standard InChI is InChI=1S/C38H12F3N9.C38H15N9.C37H13F3N8/c1-18-6-7-20(10-19(18)2)30-36(28(17-47)49-4)33-24(14-44)31-23(13-43)29(21-8-9-22(12-42)26(11-21)38(39,40)41)35(27(16-46)48-3)32(31)25(15-45)34(33)37(30)50-5;1-19-7-9-22(11-21(19)3)31-37(29(18-44)46-5)34-26(15-41)32-25(14-40)30(23-10-8-20(2)24(12-23)13-39)36(28(17-43)45-4)33(32)27(16-42)35(34)38(31)47-6;1-18-6-7-20(10-19(18)2)31-34(28(16-44)46-3)24-12-23-25(14-42)30(21-8-9-27(37(38,39)40)22(11-21)13-41)35(29(17-45)47-4)32(23)26(15-43)33(24)36(31)48-5/h6-11H,1-2H3;7-12H,1-3H3;6-12H,1-2H3/b35-27-,36-28+;36-28-,37-29+;34-28-,35-29-. The van der Waals surface area contributed by atoms with Gasteiger partial charge in [0.2, 0.25) is 17.1 Å². The van der Waals surface area contributed by atoms with E-state index in [4.69, 9.17) is 59.1 Å². The molecule has 0 fully saturated rings. The lowest BCUT2D eigenvalue weighted by Gasteiger charge is -2.17. The Morgan fingerprint density at radius 3 is 0.828 bits per heavy atom. The van der Waals surface area contributed by atoms with Crippen LogP contribution in [0.15, 0.2) is 149 Å². The van der Waals surface area contributed by atoms with Gasteiger partial charge in [-0.1, -0.05) is 78.9 Å². The smallest absolute Gasteiger partial charge is 0.237 e. The molecule has 26 nitrogen and oxygen atoms in total. The van der Waals surface area contributed by atoms with Crippen LogP contribution < -0.4 is 0 Å². The second-order valence-electron chi connectivity index (χ2n) is 31.7. The Bertz CT molecular complexity index is 9440. The number of nitrogens with zero attached hydrogens (tertiary/aromatic N) is 26. The molecule has 0 aromatic heterocycles. The Kier molecular flexibility index (Phi) is 26.3. The van der Waals surface area contributed by atoms with Crippen LogP contribution in [0.4, 0.5) is 26.3 Å². The van der Waals surface area contributed by atoms with Crippen molar-refractivity contribution in [3.05, 3.63) is 447 Å². The van der Waals surface area contributed by atoms with Crippen LogP contribution in [0.2, 0.25) is 0 Å². The van der Waals surface area contributed by atoms with Gasteiger partial charge in [0, 0.05) is 50.1 Å². The van der Waals surface area contributed by atoms with E-state index in [1.165, 1.54) is 24.3 Å². The minimum Gasteiger partial charge on any atom is -0.237 e. The maximum Gasteiger partial charge on any atom is 0.417 e. The summed E-state index contributed by atoms with van der Waals surface area (Å²) in [6.07, 6.45) is -9.91. The third-order valence-electron chi connectivity index (χ3n) is 24.7. The number of benzene rings is 9. The topological polar surface area (TPSA) is 444 Å². The van der Waals surface area contributed by atoms with Gasteiger partial charge in [-0.15, -0.1) is 0 Å². The van der Waals surface area contributed by atoms with E-state index in [1.807, 2.05) is 89.2 Å². The third-order valence-corrected chi connectivity index (χ3v) is 24.7. The molecule has 0 unspecified atom stereocenters. The zero-order valence-corrected chi connectivity index (χ0v) is 75.4. The summed E-state index contributed by atoms with van der Waals surface area (Å²) in [7, 11) is 0. The van der Waals surface area contributed by atoms with Crippen molar-refractivity contribution in [2.75, 3.05) is 0 Å². The number of rotatable bonds is 6. The number of halogens is 6. The van der Waals surface area contributed by atoms with E-state index in [1.54, 1.807) is 92.7 Å². The van der Waals surface area contributed by atoms with Crippen molar-refractivity contribution >= 4 is 101 Å². The van der Waals surface area contributed by atoms with Gasteiger partial charge in [-0.3, -0.25) is 0 Å². The number of hydrogen-bond donors (Lipinski definition) is 0. The number of nitriles is 17. The SMILES string of the molecule is [C-]#[N+]C1=C(c2ccc(C)c(C)c2)/C(=C(/C#N)[N+]#[C-])c2c(C#N)c3c(c(C#N)c21)/C(=C(/C#N)[N+]#[C-])C(c1ccc(C#N)c(C(F)(F)F)c1)=C3C#N.[C-]#[N+]C1=C(c2ccc(C)c(C)c2)/C(=C(/C#N)[N+]#[C-])c2c(C#N)c3c(c(C#N)c21)/C(=C(/C#N)[N+]#[C-])C(c1ccc(C)c(C#N)c1)=C3C#N.[C-]#[N+]C1=C(c2ccc(C)c(C)c2)/C(=C(/C#N)[N+]#[C-])c2cc3c(c(C#N)c21)/C(=C(/C#N)[N+]#[C-])C(c1ccc(C(F)(F)F)c(C#N)c1)=C3C#N. The van der Waals surface area contributed by atoms with Gasteiger partial charge in [-0.2, -0.15) is 84.2 Å². The van der Waals surface area contributed by atoms with Crippen LogP contribution in [0, 0.1) is 300 Å². The molecule has 15 rings (SSSR count). The zero-order chi connectivity index (χ0) is 106. The van der Waals surface area contributed by atoms with Gasteiger partial charge in [0.1, 0.15) is 30.3 Å². The molecule has 9 aromatic carbocycles. The highest BCUT2D eigenvalue weighted by Crippen LogP contribution is 2.64. The fraction of sp³-hybridized carbons (Fsp3) is 0.0796. The molecule has 0 atom stereocenters. The molecule has 0 aliphatic heterocycles. The first kappa shape index (κ1) is 98.7. The normalized spacial score (nSPS) is 14.7. The van der Waals surface area contributed by atoms with E-state index >= 15 is 0 Å². The van der Waals surface area contributed by atoms with Gasteiger partial charge < -0.3 is 0 Å². The quantitative estimate of drug-likeness (QED) is 0.0847. The number of fused-ring (bicyclic) bond motifs is 6. The van der Waals surface area contributed by atoms with Crippen molar-refractivity contribution in [1.29, 1.82) is 89.5 Å². The molecule has 32 heteroatoms. The summed E-state index contributed by atoms with van der Waals surface area (Å²) in [5.74, 6) is 0. The fourth-order valence-corrected chi connectivity index (χ4v) is 18.2. The van der Waals surface area contributed by atoms with Crippen molar-refractivity contribution in [3.8, 4) is 103 Å². The van der Waals surface area contributed by atoms with Crippen molar-refractivity contribution < 1.29 is 26.3 Å². The first-order valence-corrected chi connectivity index (χ1v) is 41.2. The van der Waals surface area contributed by atoms with Gasteiger partial charge in [0.15, 0.2) is 0 Å². The average molecular weight is 1880 g/mol. The van der Waals surface area contributed by atoms with Crippen LogP contribution in [-0.2, 0) is 12.4 Å². The molecule has 6 aliphatic carbocycles. The molecule has 6 aliphatic rings. The summed E-state index contributed by atoms with van der Waals surface area (Å²) < 4.78 is 83.3. The molecule has 0 amide bonds. The minimum atomic E-state index is -5.04. The summed E-state index contributed by atoms with van der Waals surface area (Å²) in [4.78, 5) is 31.3. The Balaban J connectivity index is 0.000000182. The van der Waals surface area contributed by atoms with Crippen LogP contribution in [0.1, 0.15) is 195 Å². The van der Waals surface area contributed by atoms with Crippen LogP contribution in [0.25, 0.3) is 144 Å². The van der Waals surface area contributed by atoms with Gasteiger partial charge in [0.25, 0.3) is 34.2 Å². The van der Waals surface area contributed by atoms with Crippen LogP contribution in [0.5, 0.6) is 0 Å². The minimum absolute atomic E-state index is 0.00181. The number of hydrogen-bond acceptors (Lipinski definition) is 17. The van der Waals surface area contributed by atoms with Crippen LogP contribution in [-0.4, -0.2) is 0 Å². The van der Waals surface area contributed by atoms with E-state index in [0.717, 1.165) is 57.6 Å². The first-order chi connectivity index (χ1) is 69.6. The lowest BCUT2D eigenvalue weighted by molar-refractivity contribution is -0.138. The molecular formula is C113H40F6N26. The van der Waals surface area contributed by atoms with Crippen LogP contribution in [0.3, 0.4) is 0 Å². The summed E-state index contributed by atoms with van der Waals surface area (Å²) in [5, 5.41) is 174. The van der Waals surface area contributed by atoms with Crippen LogP contribution >= 0.6 is 0 Å². The first-order valence-electron chi connectivity index (χ1n) is 41.2. The summed E-state index contributed by atoms with van der Waals surface area (Å²) in [6, 6.07) is 58.8. The molecule has 0 spiro atoms. The molecular weight excluding hydrogens is 1840 g/mol. The predicted molar refractivity (Wildman–Crippen MR) is 511 cm³/mol. The molecule has 0 saturated carbocycles. The second kappa shape index (κ2) is 38.6. The van der Waals surface area contributed by atoms with Gasteiger partial charge in [-0.25, -0.2) is 75.2 Å². The highest BCUT2D eigenvalue weighted by Gasteiger charge is 2.49. The molecule has 664 valence electrons. The monoisotopic (exact) mass is 1870 g/mol. The van der Waals surface area contributed by atoms with Crippen molar-refractivity contribution in [1.82, 2.24) is 0 Å². The lowest BCUT2D eigenvalue weighted by atomic mass is 9.83. The van der Waals surface area contributed by atoms with E-state index in [-0.39, 0.29) is 190 Å². The van der Waals surface area contributed by atoms with E-state index in [9.17, 15) is 116 Å². The Morgan fingerprint density at radius 1 is 0.228 bits per heavy atom. The Labute approximate surface area is 822 Å². The van der Waals surface area contributed by atoms with E-state index in [2.05, 4.69) is 67.9 Å². The van der Waals surface area contributed by atoms with Crippen molar-refractivity contribution in [2.45, 2.75) is 60.8 Å². The second-order valence-corrected chi connectivity index (χ2v) is 31.7. The molecule has 0 radical (unpaired) electrons. The lowest BCUT2D eigenvalue weighted by Crippen LogP contribution is -2.08. The van der Waals surface area contributed by atoms with E-state index < -0.39 is 91.1 Å². The summed E-state index contributed by atoms with van der Waals surface area (Å²) >= 11 is 0. The largest absolute Gasteiger partial charge is 0.417 e.